The number of nitrogens with zero attached hydrogens (tertiary/aromatic N) is 2. The van der Waals surface area contributed by atoms with Gasteiger partial charge in [0.25, 0.3) is 11.6 Å². The van der Waals surface area contributed by atoms with Gasteiger partial charge >= 0.3 is 0 Å². The van der Waals surface area contributed by atoms with Crippen molar-refractivity contribution >= 4 is 11.6 Å². The first kappa shape index (κ1) is 17.1. The second kappa shape index (κ2) is 7.90. The molecule has 1 fully saturated rings. The minimum absolute atomic E-state index is 0.0221. The molecule has 0 saturated carbocycles. The molecule has 0 aromatic heterocycles. The Labute approximate surface area is 146 Å². The van der Waals surface area contributed by atoms with Crippen molar-refractivity contribution in [1.82, 2.24) is 10.2 Å². The number of nitro benzene ring substituents is 1. The van der Waals surface area contributed by atoms with E-state index < -0.39 is 4.92 Å². The van der Waals surface area contributed by atoms with Crippen molar-refractivity contribution in [1.29, 1.82) is 0 Å². The molecular weight excluding hydrogens is 318 g/mol. The van der Waals surface area contributed by atoms with Crippen LogP contribution < -0.4 is 5.32 Å². The molecule has 6 heteroatoms. The SMILES string of the molecule is O=C(NCc1cccc(CN2CCCC2)c1)c1ccc([N+](=O)[O-])cc1. The van der Waals surface area contributed by atoms with E-state index in [1.165, 1.54) is 42.7 Å². The summed E-state index contributed by atoms with van der Waals surface area (Å²) < 4.78 is 0. The van der Waals surface area contributed by atoms with E-state index >= 15 is 0 Å². The maximum Gasteiger partial charge on any atom is 0.269 e. The Morgan fingerprint density at radius 2 is 1.76 bits per heavy atom. The zero-order valence-electron chi connectivity index (χ0n) is 14.0. The maximum atomic E-state index is 12.2. The van der Waals surface area contributed by atoms with Crippen LogP contribution in [0.5, 0.6) is 0 Å². The Kier molecular flexibility index (Phi) is 5.40. The van der Waals surface area contributed by atoms with Crippen LogP contribution in [0.3, 0.4) is 0 Å². The zero-order valence-corrected chi connectivity index (χ0v) is 14.0. The van der Waals surface area contributed by atoms with Crippen LogP contribution in [0.2, 0.25) is 0 Å². The second-order valence-electron chi connectivity index (χ2n) is 6.29. The second-order valence-corrected chi connectivity index (χ2v) is 6.29. The highest BCUT2D eigenvalue weighted by molar-refractivity contribution is 5.94. The van der Waals surface area contributed by atoms with E-state index in [4.69, 9.17) is 0 Å². The van der Waals surface area contributed by atoms with Crippen LogP contribution in [0.25, 0.3) is 0 Å². The molecule has 25 heavy (non-hydrogen) atoms. The fraction of sp³-hybridized carbons (Fsp3) is 0.316. The van der Waals surface area contributed by atoms with Gasteiger partial charge in [0.15, 0.2) is 0 Å². The van der Waals surface area contributed by atoms with E-state index in [1.54, 1.807) is 0 Å². The van der Waals surface area contributed by atoms with E-state index in [0.29, 0.717) is 12.1 Å². The molecule has 0 unspecified atom stereocenters. The quantitative estimate of drug-likeness (QED) is 0.648. The molecule has 130 valence electrons. The average molecular weight is 339 g/mol. The molecule has 0 radical (unpaired) electrons. The summed E-state index contributed by atoms with van der Waals surface area (Å²) >= 11 is 0. The van der Waals surface area contributed by atoms with Crippen molar-refractivity contribution in [3.63, 3.8) is 0 Å². The van der Waals surface area contributed by atoms with Gasteiger partial charge in [-0.05, 0) is 49.2 Å². The van der Waals surface area contributed by atoms with E-state index in [9.17, 15) is 14.9 Å². The van der Waals surface area contributed by atoms with Gasteiger partial charge in [-0.3, -0.25) is 19.8 Å². The topological polar surface area (TPSA) is 75.5 Å². The molecule has 1 N–H and O–H groups in total. The van der Waals surface area contributed by atoms with Crippen LogP contribution in [0.15, 0.2) is 48.5 Å². The molecular formula is C19H21N3O3. The van der Waals surface area contributed by atoms with Gasteiger partial charge in [-0.1, -0.05) is 24.3 Å². The average Bonchev–Trinajstić information content (AvgIpc) is 3.13. The molecule has 3 rings (SSSR count). The minimum atomic E-state index is -0.479. The fourth-order valence-corrected chi connectivity index (χ4v) is 3.06. The lowest BCUT2D eigenvalue weighted by Gasteiger charge is -2.15. The number of nitrogens with one attached hydrogen (secondary N) is 1. The van der Waals surface area contributed by atoms with Crippen LogP contribution >= 0.6 is 0 Å². The van der Waals surface area contributed by atoms with Gasteiger partial charge in [0.2, 0.25) is 0 Å². The Balaban J connectivity index is 1.57. The number of carbonyl (C=O) groups is 1. The molecule has 1 aliphatic heterocycles. The third kappa shape index (κ3) is 4.64. The number of non-ortho nitro benzene ring substituents is 1. The number of hydrogen-bond acceptors (Lipinski definition) is 4. The fourth-order valence-electron chi connectivity index (χ4n) is 3.06. The summed E-state index contributed by atoms with van der Waals surface area (Å²) in [5.74, 6) is -0.236. The van der Waals surface area contributed by atoms with E-state index in [0.717, 1.165) is 25.2 Å². The summed E-state index contributed by atoms with van der Waals surface area (Å²) in [6, 6.07) is 13.8. The van der Waals surface area contributed by atoms with Crippen molar-refractivity contribution < 1.29 is 9.72 Å². The predicted molar refractivity (Wildman–Crippen MR) is 95.2 cm³/mol. The first-order chi connectivity index (χ1) is 12.1. The molecule has 0 bridgehead atoms. The Morgan fingerprint density at radius 1 is 1.08 bits per heavy atom. The lowest BCUT2D eigenvalue weighted by molar-refractivity contribution is -0.384. The van der Waals surface area contributed by atoms with Crippen LogP contribution in [0.1, 0.15) is 34.3 Å². The largest absolute Gasteiger partial charge is 0.348 e. The third-order valence-electron chi connectivity index (χ3n) is 4.39. The van der Waals surface area contributed by atoms with E-state index in [2.05, 4.69) is 22.3 Å². The number of carbonyl (C=O) groups excluding carboxylic acids is 1. The number of nitro groups is 1. The molecule has 0 atom stereocenters. The lowest BCUT2D eigenvalue weighted by Crippen LogP contribution is -2.23. The number of hydrogen-bond donors (Lipinski definition) is 1. The van der Waals surface area contributed by atoms with Crippen LogP contribution in [0.4, 0.5) is 5.69 Å². The highest BCUT2D eigenvalue weighted by Crippen LogP contribution is 2.14. The van der Waals surface area contributed by atoms with Gasteiger partial charge in [-0.2, -0.15) is 0 Å². The zero-order chi connectivity index (χ0) is 17.6. The standard InChI is InChI=1S/C19H21N3O3/c23-19(17-6-8-18(9-7-17)22(24)25)20-13-15-4-3-5-16(12-15)14-21-10-1-2-11-21/h3-9,12H,1-2,10-11,13-14H2,(H,20,23). The highest BCUT2D eigenvalue weighted by Gasteiger charge is 2.12. The molecule has 1 heterocycles. The van der Waals surface area contributed by atoms with E-state index in [1.807, 2.05) is 12.1 Å². The van der Waals surface area contributed by atoms with Gasteiger partial charge in [-0.15, -0.1) is 0 Å². The molecule has 1 amide bonds. The first-order valence-electron chi connectivity index (χ1n) is 8.44. The Hall–Kier alpha value is -2.73. The molecule has 2 aromatic carbocycles. The molecule has 0 spiro atoms. The number of benzene rings is 2. The number of amides is 1. The van der Waals surface area contributed by atoms with Crippen molar-refractivity contribution in [3.05, 3.63) is 75.3 Å². The normalized spacial score (nSPS) is 14.4. The monoisotopic (exact) mass is 339 g/mol. The van der Waals surface area contributed by atoms with Crippen LogP contribution in [0, 0.1) is 10.1 Å². The minimum Gasteiger partial charge on any atom is -0.348 e. The first-order valence-corrected chi connectivity index (χ1v) is 8.44. The smallest absolute Gasteiger partial charge is 0.269 e. The predicted octanol–water partition coefficient (Wildman–Crippen LogP) is 3.12. The third-order valence-corrected chi connectivity index (χ3v) is 4.39. The molecule has 6 nitrogen and oxygen atoms in total. The van der Waals surface area contributed by atoms with Gasteiger partial charge in [0, 0.05) is 30.8 Å². The molecule has 2 aromatic rings. The Bertz CT molecular complexity index is 753. The molecule has 1 aliphatic rings. The summed E-state index contributed by atoms with van der Waals surface area (Å²) in [6.07, 6.45) is 2.54. The van der Waals surface area contributed by atoms with Crippen molar-refractivity contribution in [2.24, 2.45) is 0 Å². The van der Waals surface area contributed by atoms with E-state index in [-0.39, 0.29) is 11.6 Å². The van der Waals surface area contributed by atoms with Gasteiger partial charge < -0.3 is 5.32 Å². The summed E-state index contributed by atoms with van der Waals surface area (Å²) in [6.45, 7) is 3.69. The van der Waals surface area contributed by atoms with Crippen molar-refractivity contribution in [2.75, 3.05) is 13.1 Å². The van der Waals surface area contributed by atoms with Crippen molar-refractivity contribution in [2.45, 2.75) is 25.9 Å². The molecule has 0 aliphatic carbocycles. The van der Waals surface area contributed by atoms with Gasteiger partial charge in [-0.25, -0.2) is 0 Å². The summed E-state index contributed by atoms with van der Waals surface area (Å²) in [5.41, 5.74) is 2.70. The van der Waals surface area contributed by atoms with Crippen molar-refractivity contribution in [3.8, 4) is 0 Å². The van der Waals surface area contributed by atoms with Gasteiger partial charge in [0.1, 0.15) is 0 Å². The Morgan fingerprint density at radius 3 is 2.44 bits per heavy atom. The number of likely N-dealkylation sites (tertiary alicyclic amines) is 1. The highest BCUT2D eigenvalue weighted by atomic mass is 16.6. The summed E-state index contributed by atoms with van der Waals surface area (Å²) in [4.78, 5) is 24.8. The molecule has 1 saturated heterocycles. The van der Waals surface area contributed by atoms with Gasteiger partial charge in [0.05, 0.1) is 4.92 Å². The number of rotatable bonds is 6. The summed E-state index contributed by atoms with van der Waals surface area (Å²) in [7, 11) is 0. The lowest BCUT2D eigenvalue weighted by atomic mass is 10.1. The van der Waals surface area contributed by atoms with Crippen LogP contribution in [-0.4, -0.2) is 28.8 Å². The van der Waals surface area contributed by atoms with Crippen LogP contribution in [-0.2, 0) is 13.1 Å². The maximum absolute atomic E-state index is 12.2. The summed E-state index contributed by atoms with van der Waals surface area (Å²) in [5, 5.41) is 13.5.